The second kappa shape index (κ2) is 10.6. The van der Waals surface area contributed by atoms with E-state index in [0.717, 1.165) is 11.4 Å². The molecule has 1 aliphatic heterocycles. The predicted molar refractivity (Wildman–Crippen MR) is 138 cm³/mol. The fraction of sp³-hybridized carbons (Fsp3) is 0.704. The molecule has 1 unspecified atom stereocenters. The lowest BCUT2D eigenvalue weighted by atomic mass is 9.87. The molecule has 2 aliphatic carbocycles. The molecule has 0 aromatic heterocycles. The summed E-state index contributed by atoms with van der Waals surface area (Å²) in [6, 6.07) is 9.65. The third-order valence-electron chi connectivity index (χ3n) is 7.31. The van der Waals surface area contributed by atoms with E-state index in [1.54, 1.807) is 0 Å². The van der Waals surface area contributed by atoms with Crippen molar-refractivity contribution < 1.29 is 4.79 Å². The normalized spacial score (nSPS) is 24.8. The minimum atomic E-state index is 0.123. The van der Waals surface area contributed by atoms with Gasteiger partial charge in [-0.05, 0) is 48.8 Å². The van der Waals surface area contributed by atoms with Crippen LogP contribution in [0.15, 0.2) is 29.3 Å². The maximum absolute atomic E-state index is 13.0. The van der Waals surface area contributed by atoms with Crippen LogP contribution < -0.4 is 5.32 Å². The van der Waals surface area contributed by atoms with Crippen LogP contribution in [-0.4, -0.2) is 39.9 Å². The molecule has 1 aromatic carbocycles. The van der Waals surface area contributed by atoms with Gasteiger partial charge in [0.2, 0.25) is 5.91 Å². The number of amidine groups is 1. The number of rotatable bonds is 5. The molecule has 1 amide bonds. The van der Waals surface area contributed by atoms with Crippen molar-refractivity contribution in [3.8, 4) is 0 Å². The van der Waals surface area contributed by atoms with Crippen LogP contribution in [-0.2, 0) is 10.2 Å². The van der Waals surface area contributed by atoms with Crippen LogP contribution in [0.1, 0.15) is 97.0 Å². The highest BCUT2D eigenvalue weighted by atomic mass is 32.2. The van der Waals surface area contributed by atoms with Crippen LogP contribution in [0.4, 0.5) is 5.69 Å². The van der Waals surface area contributed by atoms with Crippen LogP contribution in [0.3, 0.4) is 0 Å². The van der Waals surface area contributed by atoms with Crippen molar-refractivity contribution in [2.75, 3.05) is 11.1 Å². The van der Waals surface area contributed by atoms with Gasteiger partial charge < -0.3 is 10.2 Å². The summed E-state index contributed by atoms with van der Waals surface area (Å²) in [5.74, 6) is 1.11. The number of carbonyl (C=O) groups is 1. The number of aliphatic imine (C=N–C) groups is 1. The third-order valence-corrected chi connectivity index (χ3v) is 8.44. The van der Waals surface area contributed by atoms with Gasteiger partial charge in [-0.2, -0.15) is 0 Å². The Hall–Kier alpha value is -1.49. The Kier molecular flexibility index (Phi) is 7.86. The highest BCUT2D eigenvalue weighted by Crippen LogP contribution is 2.35. The number of thioether (sulfide) groups is 1. The zero-order valence-electron chi connectivity index (χ0n) is 20.2. The molecule has 3 fully saturated rings. The zero-order valence-corrected chi connectivity index (χ0v) is 21.1. The zero-order chi connectivity index (χ0) is 22.6. The van der Waals surface area contributed by atoms with Gasteiger partial charge in [0.15, 0.2) is 5.17 Å². The standard InChI is InChI=1S/C27H41N3OS/c1-27(2,3)20-14-16-22(17-15-20)28-25(31)18-24-19-32-26(29-21-10-6-4-7-11-21)30(24)23-12-8-5-9-13-23/h14-17,21,23-24H,4-13,18-19H2,1-3H3,(H,28,31). The Bertz CT molecular complexity index is 786. The summed E-state index contributed by atoms with van der Waals surface area (Å²) in [5.41, 5.74) is 2.31. The summed E-state index contributed by atoms with van der Waals surface area (Å²) in [4.78, 5) is 20.8. The summed E-state index contributed by atoms with van der Waals surface area (Å²) in [5, 5.41) is 4.38. The average molecular weight is 456 g/mol. The first-order valence-electron chi connectivity index (χ1n) is 12.8. The molecule has 1 heterocycles. The van der Waals surface area contributed by atoms with Crippen LogP contribution in [0, 0.1) is 0 Å². The van der Waals surface area contributed by atoms with Gasteiger partial charge in [-0.25, -0.2) is 0 Å². The Morgan fingerprint density at radius 2 is 1.62 bits per heavy atom. The molecule has 0 spiro atoms. The second-order valence-electron chi connectivity index (χ2n) is 10.9. The van der Waals surface area contributed by atoms with Crippen molar-refractivity contribution in [2.45, 2.75) is 115 Å². The van der Waals surface area contributed by atoms with Crippen LogP contribution in [0.5, 0.6) is 0 Å². The van der Waals surface area contributed by atoms with E-state index in [4.69, 9.17) is 4.99 Å². The Morgan fingerprint density at radius 1 is 1.00 bits per heavy atom. The lowest BCUT2D eigenvalue weighted by molar-refractivity contribution is -0.117. The lowest BCUT2D eigenvalue weighted by Crippen LogP contribution is -2.45. The predicted octanol–water partition coefficient (Wildman–Crippen LogP) is 6.75. The first-order valence-corrected chi connectivity index (χ1v) is 13.8. The molecule has 0 radical (unpaired) electrons. The van der Waals surface area contributed by atoms with Gasteiger partial charge in [0.05, 0.1) is 6.04 Å². The summed E-state index contributed by atoms with van der Waals surface area (Å²) in [7, 11) is 0. The molecule has 176 valence electrons. The largest absolute Gasteiger partial charge is 0.344 e. The topological polar surface area (TPSA) is 44.7 Å². The Balaban J connectivity index is 1.42. The van der Waals surface area contributed by atoms with E-state index < -0.39 is 0 Å². The number of hydrogen-bond donors (Lipinski definition) is 1. The summed E-state index contributed by atoms with van der Waals surface area (Å²) >= 11 is 1.89. The summed E-state index contributed by atoms with van der Waals surface area (Å²) < 4.78 is 0. The Labute approximate surface area is 199 Å². The number of hydrogen-bond acceptors (Lipinski definition) is 3. The van der Waals surface area contributed by atoms with E-state index in [-0.39, 0.29) is 17.4 Å². The molecular formula is C27H41N3OS. The SMILES string of the molecule is CC(C)(C)c1ccc(NC(=O)CC2CSC(=NC3CCCCC3)N2C2CCCCC2)cc1. The minimum Gasteiger partial charge on any atom is -0.344 e. The molecule has 1 saturated heterocycles. The molecule has 2 saturated carbocycles. The fourth-order valence-electron chi connectivity index (χ4n) is 5.40. The van der Waals surface area contributed by atoms with E-state index in [1.165, 1.54) is 74.9 Å². The number of carbonyl (C=O) groups excluding carboxylic acids is 1. The molecule has 0 bridgehead atoms. The third kappa shape index (κ3) is 6.09. The molecule has 1 N–H and O–H groups in total. The molecule has 4 rings (SSSR count). The van der Waals surface area contributed by atoms with Crippen molar-refractivity contribution in [3.05, 3.63) is 29.8 Å². The molecule has 1 aromatic rings. The first kappa shape index (κ1) is 23.7. The van der Waals surface area contributed by atoms with Crippen LogP contribution in [0.25, 0.3) is 0 Å². The lowest BCUT2D eigenvalue weighted by Gasteiger charge is -2.37. The number of nitrogens with one attached hydrogen (secondary N) is 1. The van der Waals surface area contributed by atoms with Crippen molar-refractivity contribution in [3.63, 3.8) is 0 Å². The smallest absolute Gasteiger partial charge is 0.226 e. The minimum absolute atomic E-state index is 0.123. The summed E-state index contributed by atoms with van der Waals surface area (Å²) in [6.07, 6.45) is 13.5. The van der Waals surface area contributed by atoms with Gasteiger partial charge in [0.1, 0.15) is 0 Å². The number of benzene rings is 1. The van der Waals surface area contributed by atoms with Gasteiger partial charge in [0.25, 0.3) is 0 Å². The van der Waals surface area contributed by atoms with Gasteiger partial charge >= 0.3 is 0 Å². The summed E-state index contributed by atoms with van der Waals surface area (Å²) in [6.45, 7) is 6.64. The van der Waals surface area contributed by atoms with Gasteiger partial charge in [-0.1, -0.05) is 83.2 Å². The number of nitrogens with zero attached hydrogens (tertiary/aromatic N) is 2. The van der Waals surface area contributed by atoms with Gasteiger partial charge in [-0.3, -0.25) is 9.79 Å². The maximum atomic E-state index is 13.0. The Morgan fingerprint density at radius 3 is 2.25 bits per heavy atom. The molecular weight excluding hydrogens is 414 g/mol. The monoisotopic (exact) mass is 455 g/mol. The van der Waals surface area contributed by atoms with Crippen LogP contribution in [0.2, 0.25) is 0 Å². The van der Waals surface area contributed by atoms with Crippen molar-refractivity contribution in [2.24, 2.45) is 4.99 Å². The van der Waals surface area contributed by atoms with E-state index in [1.807, 2.05) is 23.9 Å². The van der Waals surface area contributed by atoms with Gasteiger partial charge in [0, 0.05) is 29.9 Å². The van der Waals surface area contributed by atoms with E-state index in [2.05, 4.69) is 43.1 Å². The number of anilines is 1. The first-order chi connectivity index (χ1) is 15.4. The van der Waals surface area contributed by atoms with Crippen molar-refractivity contribution >= 4 is 28.5 Å². The fourth-order valence-corrected chi connectivity index (χ4v) is 6.69. The highest BCUT2D eigenvalue weighted by Gasteiger charge is 2.37. The second-order valence-corrected chi connectivity index (χ2v) is 11.9. The molecule has 5 heteroatoms. The van der Waals surface area contributed by atoms with Crippen molar-refractivity contribution in [1.29, 1.82) is 0 Å². The molecule has 1 atom stereocenters. The van der Waals surface area contributed by atoms with Crippen molar-refractivity contribution in [1.82, 2.24) is 4.90 Å². The van der Waals surface area contributed by atoms with E-state index in [9.17, 15) is 4.79 Å². The van der Waals surface area contributed by atoms with E-state index in [0.29, 0.717) is 18.5 Å². The molecule has 3 aliphatic rings. The van der Waals surface area contributed by atoms with Crippen LogP contribution >= 0.6 is 11.8 Å². The van der Waals surface area contributed by atoms with E-state index >= 15 is 0 Å². The van der Waals surface area contributed by atoms with Gasteiger partial charge in [-0.15, -0.1) is 0 Å². The molecule has 4 nitrogen and oxygen atoms in total. The quantitative estimate of drug-likeness (QED) is 0.534. The highest BCUT2D eigenvalue weighted by molar-refractivity contribution is 8.14. The molecule has 32 heavy (non-hydrogen) atoms. The number of amides is 1. The average Bonchev–Trinajstić information content (AvgIpc) is 3.16. The maximum Gasteiger partial charge on any atom is 0.226 e.